The van der Waals surface area contributed by atoms with E-state index in [2.05, 4.69) is 10.2 Å². The van der Waals surface area contributed by atoms with Gasteiger partial charge in [-0.05, 0) is 30.7 Å². The first-order valence-corrected chi connectivity index (χ1v) is 10.4. The number of carbonyl (C=O) groups excluding carboxylic acids is 1. The van der Waals surface area contributed by atoms with E-state index in [-0.39, 0.29) is 22.4 Å². The van der Waals surface area contributed by atoms with E-state index in [1.54, 1.807) is 24.1 Å². The molecule has 11 heteroatoms. The van der Waals surface area contributed by atoms with Gasteiger partial charge < -0.3 is 9.80 Å². The maximum Gasteiger partial charge on any atom is 0.343 e. The number of carbonyl (C=O) groups is 1. The Morgan fingerprint density at radius 2 is 1.96 bits per heavy atom. The molecule has 1 aromatic carbocycles. The highest BCUT2D eigenvalue weighted by Crippen LogP contribution is 2.19. The molecule has 1 aliphatic rings. The SMILES string of the molecule is CN(CCN(C)c1ccc(S(N)(=O)=O)cc1)C(=O)C1CCc2n[nH]c(=O)n2C1. The zero-order chi connectivity index (χ0) is 20.5. The number of benzene rings is 1. The Hall–Kier alpha value is -2.66. The summed E-state index contributed by atoms with van der Waals surface area (Å²) in [5.74, 6) is 0.447. The van der Waals surface area contributed by atoms with Crippen LogP contribution in [0.2, 0.25) is 0 Å². The fourth-order valence-corrected chi connectivity index (χ4v) is 3.80. The number of H-pyrrole nitrogens is 1. The largest absolute Gasteiger partial charge is 0.373 e. The summed E-state index contributed by atoms with van der Waals surface area (Å²) in [6, 6.07) is 6.27. The number of hydrogen-bond donors (Lipinski definition) is 2. The molecule has 1 unspecified atom stereocenters. The van der Waals surface area contributed by atoms with Gasteiger partial charge >= 0.3 is 5.69 Å². The van der Waals surface area contributed by atoms with E-state index in [4.69, 9.17) is 5.14 Å². The lowest BCUT2D eigenvalue weighted by Crippen LogP contribution is -2.42. The van der Waals surface area contributed by atoms with Gasteiger partial charge in [0, 0.05) is 45.8 Å². The van der Waals surface area contributed by atoms with Crippen molar-refractivity contribution in [3.63, 3.8) is 0 Å². The normalized spacial score (nSPS) is 16.5. The van der Waals surface area contributed by atoms with E-state index in [0.717, 1.165) is 5.69 Å². The first-order valence-electron chi connectivity index (χ1n) is 8.90. The summed E-state index contributed by atoms with van der Waals surface area (Å²) in [5, 5.41) is 11.5. The summed E-state index contributed by atoms with van der Waals surface area (Å²) in [6.07, 6.45) is 1.26. The van der Waals surface area contributed by atoms with Crippen molar-refractivity contribution in [2.24, 2.45) is 11.1 Å². The predicted molar refractivity (Wildman–Crippen MR) is 103 cm³/mol. The molecule has 3 rings (SSSR count). The highest BCUT2D eigenvalue weighted by Gasteiger charge is 2.28. The van der Waals surface area contributed by atoms with E-state index >= 15 is 0 Å². The summed E-state index contributed by atoms with van der Waals surface area (Å²) in [5.41, 5.74) is 0.540. The number of aromatic amines is 1. The van der Waals surface area contributed by atoms with Crippen molar-refractivity contribution in [3.8, 4) is 0 Å². The standard InChI is InChI=1S/C17H24N6O4S/c1-21(13-4-6-14(7-5-13)28(18,26)27)9-10-22(2)16(24)12-3-8-15-19-20-17(25)23(15)11-12/h4-7,12H,3,8-11H2,1-2H3,(H,20,25)(H2,18,26,27). The van der Waals surface area contributed by atoms with Gasteiger partial charge in [0.05, 0.1) is 10.8 Å². The number of aromatic nitrogens is 3. The molecule has 0 spiro atoms. The average molecular weight is 408 g/mol. The molecule has 152 valence electrons. The number of likely N-dealkylation sites (N-methyl/N-ethyl adjacent to an activating group) is 2. The van der Waals surface area contributed by atoms with E-state index in [9.17, 15) is 18.0 Å². The van der Waals surface area contributed by atoms with Gasteiger partial charge in [-0.15, -0.1) is 0 Å². The Morgan fingerprint density at radius 1 is 1.29 bits per heavy atom. The number of anilines is 1. The number of hydrogen-bond acceptors (Lipinski definition) is 6. The Bertz CT molecular complexity index is 1010. The van der Waals surface area contributed by atoms with Gasteiger partial charge in [0.15, 0.2) is 0 Å². The molecule has 0 fully saturated rings. The van der Waals surface area contributed by atoms with E-state index in [1.165, 1.54) is 16.7 Å². The maximum atomic E-state index is 12.7. The molecule has 1 aliphatic heterocycles. The molecular weight excluding hydrogens is 384 g/mol. The van der Waals surface area contributed by atoms with Crippen LogP contribution in [0, 0.1) is 5.92 Å². The lowest BCUT2D eigenvalue weighted by atomic mass is 9.98. The summed E-state index contributed by atoms with van der Waals surface area (Å²) in [4.78, 5) is 28.1. The molecule has 0 saturated carbocycles. The second-order valence-corrected chi connectivity index (χ2v) is 8.57. The highest BCUT2D eigenvalue weighted by atomic mass is 32.2. The minimum absolute atomic E-state index is 0.00303. The van der Waals surface area contributed by atoms with Gasteiger partial charge in [-0.3, -0.25) is 9.36 Å². The number of rotatable bonds is 6. The van der Waals surface area contributed by atoms with E-state index in [1.807, 2.05) is 11.9 Å². The van der Waals surface area contributed by atoms with E-state index in [0.29, 0.717) is 38.3 Å². The van der Waals surface area contributed by atoms with Gasteiger partial charge in [-0.25, -0.2) is 23.4 Å². The topological polar surface area (TPSA) is 134 Å². The average Bonchev–Trinajstić information content (AvgIpc) is 3.05. The molecule has 0 bridgehead atoms. The highest BCUT2D eigenvalue weighted by molar-refractivity contribution is 7.89. The third kappa shape index (κ3) is 4.25. The first-order chi connectivity index (χ1) is 13.2. The Labute approximate surface area is 163 Å². The van der Waals surface area contributed by atoms with Gasteiger partial charge in [0.2, 0.25) is 15.9 Å². The number of nitrogens with one attached hydrogen (secondary N) is 1. The number of amides is 1. The van der Waals surface area contributed by atoms with Crippen molar-refractivity contribution in [2.75, 3.05) is 32.1 Å². The molecule has 28 heavy (non-hydrogen) atoms. The lowest BCUT2D eigenvalue weighted by molar-refractivity contribution is -0.135. The Morgan fingerprint density at radius 3 is 2.61 bits per heavy atom. The number of nitrogens with two attached hydrogens (primary N) is 1. The van der Waals surface area contributed by atoms with Crippen LogP contribution in [0.15, 0.2) is 34.0 Å². The number of primary sulfonamides is 1. The molecule has 0 radical (unpaired) electrons. The molecule has 1 atom stereocenters. The molecule has 1 amide bonds. The number of aryl methyl sites for hydroxylation is 1. The van der Waals surface area contributed by atoms with E-state index < -0.39 is 10.0 Å². The summed E-state index contributed by atoms with van der Waals surface area (Å²) >= 11 is 0. The molecule has 0 aliphatic carbocycles. The molecule has 1 aromatic heterocycles. The zero-order valence-corrected chi connectivity index (χ0v) is 16.6. The molecule has 2 heterocycles. The van der Waals surface area contributed by atoms with Crippen LogP contribution in [0.4, 0.5) is 5.69 Å². The maximum absolute atomic E-state index is 12.7. The zero-order valence-electron chi connectivity index (χ0n) is 15.8. The first kappa shape index (κ1) is 20.1. The monoisotopic (exact) mass is 408 g/mol. The minimum Gasteiger partial charge on any atom is -0.373 e. The van der Waals surface area contributed by atoms with Crippen molar-refractivity contribution in [3.05, 3.63) is 40.6 Å². The van der Waals surface area contributed by atoms with Gasteiger partial charge in [-0.1, -0.05) is 0 Å². The predicted octanol–water partition coefficient (Wildman–Crippen LogP) is -0.624. The minimum atomic E-state index is -3.72. The smallest absolute Gasteiger partial charge is 0.343 e. The second-order valence-electron chi connectivity index (χ2n) is 7.01. The van der Waals surface area contributed by atoms with Crippen molar-refractivity contribution in [1.29, 1.82) is 0 Å². The van der Waals surface area contributed by atoms with Crippen molar-refractivity contribution >= 4 is 21.6 Å². The lowest BCUT2D eigenvalue weighted by Gasteiger charge is -2.28. The fourth-order valence-electron chi connectivity index (χ4n) is 3.29. The molecule has 10 nitrogen and oxygen atoms in total. The Kier molecular flexibility index (Phi) is 5.57. The van der Waals surface area contributed by atoms with Crippen LogP contribution < -0.4 is 15.7 Å². The van der Waals surface area contributed by atoms with Crippen LogP contribution in [0.25, 0.3) is 0 Å². The van der Waals surface area contributed by atoms with Crippen LogP contribution in [0.3, 0.4) is 0 Å². The third-order valence-corrected chi connectivity index (χ3v) is 5.99. The molecular formula is C17H24N6O4S. The number of fused-ring (bicyclic) bond motifs is 1. The van der Waals surface area contributed by atoms with Crippen LogP contribution in [0.5, 0.6) is 0 Å². The van der Waals surface area contributed by atoms with Gasteiger partial charge in [0.1, 0.15) is 5.82 Å². The van der Waals surface area contributed by atoms with Crippen LogP contribution in [0.1, 0.15) is 12.2 Å². The van der Waals surface area contributed by atoms with Crippen LogP contribution >= 0.6 is 0 Å². The summed E-state index contributed by atoms with van der Waals surface area (Å²) < 4.78 is 24.2. The van der Waals surface area contributed by atoms with Gasteiger partial charge in [-0.2, -0.15) is 5.10 Å². The van der Waals surface area contributed by atoms with Crippen molar-refractivity contribution in [2.45, 2.75) is 24.3 Å². The number of nitrogens with zero attached hydrogens (tertiary/aromatic N) is 4. The fraction of sp³-hybridized carbons (Fsp3) is 0.471. The summed E-state index contributed by atoms with van der Waals surface area (Å²) in [7, 11) is -0.110. The van der Waals surface area contributed by atoms with Crippen molar-refractivity contribution in [1.82, 2.24) is 19.7 Å². The number of sulfonamides is 1. The Balaban J connectivity index is 1.56. The molecule has 0 saturated heterocycles. The van der Waals surface area contributed by atoms with Crippen LogP contribution in [-0.4, -0.2) is 61.2 Å². The third-order valence-electron chi connectivity index (χ3n) is 5.06. The second kappa shape index (κ2) is 7.76. The van der Waals surface area contributed by atoms with Crippen molar-refractivity contribution < 1.29 is 13.2 Å². The quantitative estimate of drug-likeness (QED) is 0.654. The van der Waals surface area contributed by atoms with Crippen LogP contribution in [-0.2, 0) is 27.8 Å². The molecule has 3 N–H and O–H groups in total. The summed E-state index contributed by atoms with van der Waals surface area (Å²) in [6.45, 7) is 1.41. The van der Waals surface area contributed by atoms with Gasteiger partial charge in [0.25, 0.3) is 0 Å². The molecule has 2 aromatic rings.